The lowest BCUT2D eigenvalue weighted by atomic mass is 9.88. The summed E-state index contributed by atoms with van der Waals surface area (Å²) >= 11 is 0. The molecule has 0 aliphatic heterocycles. The molecule has 0 fully saturated rings. The Labute approximate surface area is 145 Å². The van der Waals surface area contributed by atoms with E-state index in [2.05, 4.69) is 22.5 Å². The summed E-state index contributed by atoms with van der Waals surface area (Å²) in [7, 11) is 0. The molecule has 1 N–H and O–H groups in total. The molecule has 5 heteroatoms. The molecule has 3 aromatic rings. The lowest BCUT2D eigenvalue weighted by Gasteiger charge is -2.26. The Morgan fingerprint density at radius 1 is 1.16 bits per heavy atom. The maximum Gasteiger partial charge on any atom is 0.242 e. The van der Waals surface area contributed by atoms with E-state index in [1.807, 2.05) is 30.3 Å². The Morgan fingerprint density at radius 2 is 1.96 bits per heavy atom. The van der Waals surface area contributed by atoms with Gasteiger partial charge in [-0.3, -0.25) is 14.3 Å². The summed E-state index contributed by atoms with van der Waals surface area (Å²) < 4.78 is 1.58. The quantitative estimate of drug-likeness (QED) is 0.801. The predicted octanol–water partition coefficient (Wildman–Crippen LogP) is 2.59. The summed E-state index contributed by atoms with van der Waals surface area (Å²) in [6.07, 6.45) is 4.35. The average molecular weight is 333 g/mol. The van der Waals surface area contributed by atoms with Crippen LogP contribution in [0, 0.1) is 0 Å². The number of aryl methyl sites for hydroxylation is 1. The highest BCUT2D eigenvalue weighted by Crippen LogP contribution is 2.29. The average Bonchev–Trinajstić information content (AvgIpc) is 2.65. The van der Waals surface area contributed by atoms with E-state index in [0.717, 1.165) is 19.3 Å². The second kappa shape index (κ2) is 6.51. The Kier molecular flexibility index (Phi) is 4.06. The maximum atomic E-state index is 12.6. The third-order valence-corrected chi connectivity index (χ3v) is 4.76. The molecule has 0 saturated heterocycles. The van der Waals surface area contributed by atoms with Gasteiger partial charge in [0.15, 0.2) is 0 Å². The third kappa shape index (κ3) is 3.05. The number of nitrogens with one attached hydrogen (secondary N) is 1. The van der Waals surface area contributed by atoms with Crippen molar-refractivity contribution >= 4 is 16.8 Å². The van der Waals surface area contributed by atoms with Crippen molar-refractivity contribution in [2.75, 3.05) is 0 Å². The number of nitrogens with zero attached hydrogens (tertiary/aromatic N) is 2. The van der Waals surface area contributed by atoms with Gasteiger partial charge in [-0.25, -0.2) is 0 Å². The van der Waals surface area contributed by atoms with Crippen LogP contribution < -0.4 is 10.7 Å². The van der Waals surface area contributed by atoms with Crippen LogP contribution in [0.1, 0.15) is 30.0 Å². The molecule has 1 aliphatic rings. The number of hydrogen-bond acceptors (Lipinski definition) is 3. The van der Waals surface area contributed by atoms with Gasteiger partial charge < -0.3 is 5.32 Å². The number of aromatic nitrogens is 2. The lowest BCUT2D eigenvalue weighted by Crippen LogP contribution is -2.34. The van der Waals surface area contributed by atoms with E-state index in [4.69, 9.17) is 0 Å². The highest BCUT2D eigenvalue weighted by molar-refractivity contribution is 5.81. The topological polar surface area (TPSA) is 64.0 Å². The van der Waals surface area contributed by atoms with Crippen molar-refractivity contribution in [1.82, 2.24) is 15.1 Å². The molecule has 1 aliphatic carbocycles. The summed E-state index contributed by atoms with van der Waals surface area (Å²) in [5, 5.41) is 7.83. The van der Waals surface area contributed by atoms with Gasteiger partial charge in [-0.15, -0.1) is 0 Å². The third-order valence-electron chi connectivity index (χ3n) is 4.76. The molecular formula is C20H19N3O2. The lowest BCUT2D eigenvalue weighted by molar-refractivity contribution is -0.122. The van der Waals surface area contributed by atoms with Crippen molar-refractivity contribution < 1.29 is 4.79 Å². The monoisotopic (exact) mass is 333 g/mol. The summed E-state index contributed by atoms with van der Waals surface area (Å²) in [5.41, 5.74) is 3.06. The van der Waals surface area contributed by atoms with Gasteiger partial charge in [0.2, 0.25) is 11.3 Å². The first-order valence-corrected chi connectivity index (χ1v) is 8.54. The Hall–Kier alpha value is -2.95. The number of rotatable bonds is 3. The van der Waals surface area contributed by atoms with Crippen LogP contribution >= 0.6 is 0 Å². The van der Waals surface area contributed by atoms with Gasteiger partial charge in [0, 0.05) is 5.39 Å². The number of fused-ring (bicyclic) bond motifs is 2. The van der Waals surface area contributed by atoms with Crippen LogP contribution in [0.25, 0.3) is 10.9 Å². The van der Waals surface area contributed by atoms with Crippen molar-refractivity contribution in [2.24, 2.45) is 0 Å². The fourth-order valence-corrected chi connectivity index (χ4v) is 3.57. The number of amides is 1. The van der Waals surface area contributed by atoms with Crippen LogP contribution in [0.15, 0.2) is 59.5 Å². The van der Waals surface area contributed by atoms with E-state index in [1.165, 1.54) is 17.3 Å². The van der Waals surface area contributed by atoms with Gasteiger partial charge in [0.05, 0.1) is 17.8 Å². The van der Waals surface area contributed by atoms with Crippen molar-refractivity contribution in [1.29, 1.82) is 0 Å². The highest BCUT2D eigenvalue weighted by atomic mass is 16.2. The minimum Gasteiger partial charge on any atom is -0.348 e. The second-order valence-electron chi connectivity index (χ2n) is 6.39. The number of para-hydroxylation sites is 1. The predicted molar refractivity (Wildman–Crippen MR) is 96.3 cm³/mol. The number of benzene rings is 2. The molecule has 0 radical (unpaired) electrons. The van der Waals surface area contributed by atoms with Crippen LogP contribution in [0.4, 0.5) is 0 Å². The molecule has 1 aromatic heterocycles. The Morgan fingerprint density at radius 3 is 2.88 bits per heavy atom. The molecule has 25 heavy (non-hydrogen) atoms. The molecule has 0 saturated carbocycles. The summed E-state index contributed by atoms with van der Waals surface area (Å²) in [6.45, 7) is 0.0967. The number of hydrogen-bond donors (Lipinski definition) is 1. The van der Waals surface area contributed by atoms with Crippen molar-refractivity contribution in [2.45, 2.75) is 31.8 Å². The minimum atomic E-state index is -0.131. The number of carbonyl (C=O) groups is 1. The van der Waals surface area contributed by atoms with Gasteiger partial charge >= 0.3 is 0 Å². The van der Waals surface area contributed by atoms with Gasteiger partial charge in [-0.1, -0.05) is 36.4 Å². The van der Waals surface area contributed by atoms with Gasteiger partial charge in [0.25, 0.3) is 0 Å². The normalized spacial score (nSPS) is 16.4. The van der Waals surface area contributed by atoms with E-state index in [-0.39, 0.29) is 23.9 Å². The molecule has 1 amide bonds. The summed E-state index contributed by atoms with van der Waals surface area (Å²) in [5.74, 6) is -0.0944. The molecule has 4 rings (SSSR count). The Bertz CT molecular complexity index is 993. The standard InChI is InChI=1S/C20H19N3O2/c24-19-12-21-23(18-11-4-3-9-16(18)19)13-20(25)22-17-10-5-7-14-6-1-2-8-15(14)17/h1-4,6,8-9,11-12,17H,5,7,10,13H2,(H,22,25). The molecule has 1 atom stereocenters. The van der Waals surface area contributed by atoms with Gasteiger partial charge in [0.1, 0.15) is 6.54 Å². The SMILES string of the molecule is O=C(Cn1ncc(=O)c2ccccc21)NC1CCCc2ccccc21. The van der Waals surface area contributed by atoms with Gasteiger partial charge in [-0.05, 0) is 42.5 Å². The van der Waals surface area contributed by atoms with Crippen LogP contribution in [-0.2, 0) is 17.8 Å². The van der Waals surface area contributed by atoms with E-state index < -0.39 is 0 Å². The minimum absolute atomic E-state index is 0.0445. The molecule has 2 aromatic carbocycles. The second-order valence-corrected chi connectivity index (χ2v) is 6.39. The first-order chi connectivity index (χ1) is 12.2. The van der Waals surface area contributed by atoms with Crippen molar-refractivity contribution in [3.8, 4) is 0 Å². The highest BCUT2D eigenvalue weighted by Gasteiger charge is 2.21. The molecule has 0 spiro atoms. The fraction of sp³-hybridized carbons (Fsp3) is 0.250. The molecule has 126 valence electrons. The Balaban J connectivity index is 1.56. The summed E-state index contributed by atoms with van der Waals surface area (Å²) in [4.78, 5) is 24.5. The zero-order valence-electron chi connectivity index (χ0n) is 13.8. The molecule has 0 bridgehead atoms. The molecular weight excluding hydrogens is 314 g/mol. The van der Waals surface area contributed by atoms with Crippen LogP contribution in [0.5, 0.6) is 0 Å². The maximum absolute atomic E-state index is 12.6. The molecule has 1 unspecified atom stereocenters. The van der Waals surface area contributed by atoms with Crippen LogP contribution in [0.2, 0.25) is 0 Å². The van der Waals surface area contributed by atoms with E-state index in [1.54, 1.807) is 10.7 Å². The zero-order chi connectivity index (χ0) is 17.2. The van der Waals surface area contributed by atoms with Gasteiger partial charge in [-0.2, -0.15) is 5.10 Å². The van der Waals surface area contributed by atoms with E-state index >= 15 is 0 Å². The fourth-order valence-electron chi connectivity index (χ4n) is 3.57. The molecule has 1 heterocycles. The summed E-state index contributed by atoms with van der Waals surface area (Å²) in [6, 6.07) is 15.5. The first kappa shape index (κ1) is 15.6. The number of carbonyl (C=O) groups excluding carboxylic acids is 1. The van der Waals surface area contributed by atoms with E-state index in [0.29, 0.717) is 10.9 Å². The van der Waals surface area contributed by atoms with Crippen molar-refractivity contribution in [3.63, 3.8) is 0 Å². The first-order valence-electron chi connectivity index (χ1n) is 8.54. The van der Waals surface area contributed by atoms with E-state index in [9.17, 15) is 9.59 Å². The largest absolute Gasteiger partial charge is 0.348 e. The van der Waals surface area contributed by atoms with Crippen LogP contribution in [0.3, 0.4) is 0 Å². The van der Waals surface area contributed by atoms with Crippen LogP contribution in [-0.4, -0.2) is 15.7 Å². The van der Waals surface area contributed by atoms with Crippen molar-refractivity contribution in [3.05, 3.63) is 76.1 Å². The zero-order valence-corrected chi connectivity index (χ0v) is 13.8. The smallest absolute Gasteiger partial charge is 0.242 e. The molecule has 5 nitrogen and oxygen atoms in total.